The summed E-state index contributed by atoms with van der Waals surface area (Å²) in [6.45, 7) is 0.797. The van der Waals surface area contributed by atoms with Crippen LogP contribution in [0.15, 0.2) is 24.3 Å². The van der Waals surface area contributed by atoms with E-state index in [4.69, 9.17) is 5.11 Å². The smallest absolute Gasteiger partial charge is 0.416 e. The van der Waals surface area contributed by atoms with Gasteiger partial charge in [0.05, 0.1) is 5.56 Å². The molecule has 2 N–H and O–H groups in total. The number of carbonyl (C=O) groups is 1. The summed E-state index contributed by atoms with van der Waals surface area (Å²) in [5.41, 5.74) is -0.477. The molecule has 1 fully saturated rings. The topological polar surface area (TPSA) is 52.6 Å². The third-order valence-corrected chi connectivity index (χ3v) is 3.36. The van der Waals surface area contributed by atoms with Crippen molar-refractivity contribution in [3.8, 4) is 0 Å². The molecule has 7 heteroatoms. The largest absolute Gasteiger partial charge is 0.465 e. The molecular weight excluding hydrogens is 273 g/mol. The number of hydrogen-bond acceptors (Lipinski definition) is 2. The Labute approximate surface area is 114 Å². The summed E-state index contributed by atoms with van der Waals surface area (Å²) >= 11 is 0. The average Bonchev–Trinajstić information content (AvgIpc) is 2.84. The van der Waals surface area contributed by atoms with Crippen LogP contribution in [0.5, 0.6) is 0 Å². The molecule has 1 aromatic carbocycles. The van der Waals surface area contributed by atoms with E-state index in [-0.39, 0.29) is 18.2 Å². The Bertz CT molecular complexity index is 491. The summed E-state index contributed by atoms with van der Waals surface area (Å²) in [5.74, 6) is 0. The van der Waals surface area contributed by atoms with Gasteiger partial charge >= 0.3 is 12.3 Å². The van der Waals surface area contributed by atoms with Crippen LogP contribution in [0.25, 0.3) is 0 Å². The number of alkyl halides is 3. The number of halogens is 3. The van der Waals surface area contributed by atoms with Crippen LogP contribution >= 0.6 is 0 Å². The van der Waals surface area contributed by atoms with Gasteiger partial charge in [-0.2, -0.15) is 13.2 Å². The fraction of sp³-hybridized carbons (Fsp3) is 0.462. The maximum absolute atomic E-state index is 12.8. The van der Waals surface area contributed by atoms with E-state index in [1.807, 2.05) is 0 Å². The first-order chi connectivity index (χ1) is 9.38. The molecule has 2 rings (SSSR count). The van der Waals surface area contributed by atoms with Crippen molar-refractivity contribution in [3.05, 3.63) is 35.4 Å². The number of nitrogens with zero attached hydrogens (tertiary/aromatic N) is 1. The van der Waals surface area contributed by atoms with Crippen molar-refractivity contribution in [3.63, 3.8) is 0 Å². The zero-order valence-corrected chi connectivity index (χ0v) is 10.7. The molecule has 4 nitrogen and oxygen atoms in total. The first-order valence-electron chi connectivity index (χ1n) is 6.24. The SMILES string of the molecule is O=C(O)N1CCC(NCc2ccccc2C(F)(F)F)C1. The summed E-state index contributed by atoms with van der Waals surface area (Å²) in [6, 6.07) is 5.29. The molecule has 1 aliphatic rings. The number of nitrogens with one attached hydrogen (secondary N) is 1. The Hall–Kier alpha value is -1.76. The monoisotopic (exact) mass is 288 g/mol. The normalized spacial score (nSPS) is 19.4. The Morgan fingerprint density at radius 1 is 1.40 bits per heavy atom. The van der Waals surface area contributed by atoms with Gasteiger partial charge in [0.15, 0.2) is 0 Å². The summed E-state index contributed by atoms with van der Waals surface area (Å²) in [5, 5.41) is 11.8. The zero-order valence-electron chi connectivity index (χ0n) is 10.7. The second-order valence-electron chi connectivity index (χ2n) is 4.75. The molecule has 1 atom stereocenters. The third-order valence-electron chi connectivity index (χ3n) is 3.36. The van der Waals surface area contributed by atoms with E-state index >= 15 is 0 Å². The first kappa shape index (κ1) is 14.6. The minimum atomic E-state index is -4.37. The molecule has 0 bridgehead atoms. The van der Waals surface area contributed by atoms with Gasteiger partial charge in [-0.25, -0.2) is 4.79 Å². The molecule has 1 amide bonds. The van der Waals surface area contributed by atoms with Gasteiger partial charge in [-0.1, -0.05) is 18.2 Å². The van der Waals surface area contributed by atoms with Crippen LogP contribution in [0.1, 0.15) is 17.5 Å². The number of hydrogen-bond donors (Lipinski definition) is 2. The highest BCUT2D eigenvalue weighted by atomic mass is 19.4. The third kappa shape index (κ3) is 3.41. The van der Waals surface area contributed by atoms with E-state index in [9.17, 15) is 18.0 Å². The minimum Gasteiger partial charge on any atom is -0.465 e. The van der Waals surface area contributed by atoms with Crippen molar-refractivity contribution in [2.45, 2.75) is 25.2 Å². The van der Waals surface area contributed by atoms with Crippen LogP contribution in [-0.4, -0.2) is 35.2 Å². The maximum atomic E-state index is 12.8. The van der Waals surface area contributed by atoms with E-state index < -0.39 is 17.8 Å². The second kappa shape index (κ2) is 5.70. The molecular formula is C13H15F3N2O2. The minimum absolute atomic E-state index is 0.0772. The van der Waals surface area contributed by atoms with E-state index in [0.717, 1.165) is 6.07 Å². The molecule has 1 aromatic rings. The summed E-state index contributed by atoms with van der Waals surface area (Å²) in [7, 11) is 0. The molecule has 0 radical (unpaired) electrons. The van der Waals surface area contributed by atoms with Gasteiger partial charge in [0.2, 0.25) is 0 Å². The fourth-order valence-corrected chi connectivity index (χ4v) is 2.31. The lowest BCUT2D eigenvalue weighted by Gasteiger charge is -2.16. The Morgan fingerprint density at radius 2 is 2.10 bits per heavy atom. The molecule has 20 heavy (non-hydrogen) atoms. The highest BCUT2D eigenvalue weighted by molar-refractivity contribution is 5.65. The van der Waals surface area contributed by atoms with Gasteiger partial charge in [0, 0.05) is 25.7 Å². The van der Waals surface area contributed by atoms with Gasteiger partial charge in [-0.05, 0) is 18.1 Å². The highest BCUT2D eigenvalue weighted by Crippen LogP contribution is 2.31. The Morgan fingerprint density at radius 3 is 2.70 bits per heavy atom. The molecule has 0 aliphatic carbocycles. The molecule has 0 saturated carbocycles. The van der Waals surface area contributed by atoms with Gasteiger partial charge in [-0.3, -0.25) is 0 Å². The van der Waals surface area contributed by atoms with Crippen molar-refractivity contribution < 1.29 is 23.1 Å². The van der Waals surface area contributed by atoms with Crippen LogP contribution in [0, 0.1) is 0 Å². The second-order valence-corrected chi connectivity index (χ2v) is 4.75. The molecule has 110 valence electrons. The van der Waals surface area contributed by atoms with E-state index in [0.29, 0.717) is 19.5 Å². The number of carboxylic acid groups (broad SMARTS) is 1. The fourth-order valence-electron chi connectivity index (χ4n) is 2.31. The summed E-state index contributed by atoms with van der Waals surface area (Å²) < 4.78 is 38.4. The average molecular weight is 288 g/mol. The van der Waals surface area contributed by atoms with Crippen LogP contribution < -0.4 is 5.32 Å². The number of rotatable bonds is 3. The van der Waals surface area contributed by atoms with Gasteiger partial charge in [0.25, 0.3) is 0 Å². The molecule has 1 heterocycles. The quantitative estimate of drug-likeness (QED) is 0.898. The van der Waals surface area contributed by atoms with Crippen molar-refractivity contribution in [2.24, 2.45) is 0 Å². The van der Waals surface area contributed by atoms with Crippen LogP contribution in [-0.2, 0) is 12.7 Å². The van der Waals surface area contributed by atoms with E-state index in [1.165, 1.54) is 17.0 Å². The zero-order chi connectivity index (χ0) is 14.8. The molecule has 1 saturated heterocycles. The molecule has 1 aliphatic heterocycles. The lowest BCUT2D eigenvalue weighted by molar-refractivity contribution is -0.138. The lowest BCUT2D eigenvalue weighted by atomic mass is 10.1. The predicted molar refractivity (Wildman–Crippen MR) is 66.3 cm³/mol. The van der Waals surface area contributed by atoms with Crippen molar-refractivity contribution in [2.75, 3.05) is 13.1 Å². The van der Waals surface area contributed by atoms with Gasteiger partial charge in [0.1, 0.15) is 0 Å². The Balaban J connectivity index is 1.97. The maximum Gasteiger partial charge on any atom is 0.416 e. The van der Waals surface area contributed by atoms with Crippen LogP contribution in [0.2, 0.25) is 0 Å². The van der Waals surface area contributed by atoms with Gasteiger partial charge < -0.3 is 15.3 Å². The standard InChI is InChI=1S/C13H15F3N2O2/c14-13(15,16)11-4-2-1-3-9(11)7-17-10-5-6-18(8-10)12(19)20/h1-4,10,17H,5-8H2,(H,19,20). The van der Waals surface area contributed by atoms with Crippen molar-refractivity contribution in [1.29, 1.82) is 0 Å². The summed E-state index contributed by atoms with van der Waals surface area (Å²) in [4.78, 5) is 12.0. The number of benzene rings is 1. The van der Waals surface area contributed by atoms with E-state index in [2.05, 4.69) is 5.32 Å². The van der Waals surface area contributed by atoms with Crippen LogP contribution in [0.4, 0.5) is 18.0 Å². The number of likely N-dealkylation sites (tertiary alicyclic amines) is 1. The summed E-state index contributed by atoms with van der Waals surface area (Å²) in [6.07, 6.45) is -4.76. The molecule has 1 unspecified atom stereocenters. The van der Waals surface area contributed by atoms with Crippen molar-refractivity contribution in [1.82, 2.24) is 10.2 Å². The Kier molecular flexibility index (Phi) is 4.17. The highest BCUT2D eigenvalue weighted by Gasteiger charge is 2.33. The van der Waals surface area contributed by atoms with E-state index in [1.54, 1.807) is 6.07 Å². The molecule has 0 aromatic heterocycles. The molecule has 0 spiro atoms. The lowest BCUT2D eigenvalue weighted by Crippen LogP contribution is -2.34. The van der Waals surface area contributed by atoms with Crippen molar-refractivity contribution >= 4 is 6.09 Å². The predicted octanol–water partition coefficient (Wildman–Crippen LogP) is 2.55. The first-order valence-corrected chi connectivity index (χ1v) is 6.24. The number of amides is 1. The van der Waals surface area contributed by atoms with Gasteiger partial charge in [-0.15, -0.1) is 0 Å². The van der Waals surface area contributed by atoms with Crippen LogP contribution in [0.3, 0.4) is 0 Å².